The number of nitrogens with zero attached hydrogens (tertiary/aromatic N) is 1. The van der Waals surface area contributed by atoms with E-state index in [1.807, 2.05) is 4.90 Å². The summed E-state index contributed by atoms with van der Waals surface area (Å²) in [5.41, 5.74) is 4.69. The maximum absolute atomic E-state index is 13.5. The average molecular weight is 283 g/mol. The molecule has 1 fully saturated rings. The van der Waals surface area contributed by atoms with Gasteiger partial charge in [0, 0.05) is 13.7 Å². The summed E-state index contributed by atoms with van der Waals surface area (Å²) in [6.07, 6.45) is 2.39. The number of hydrogen-bond acceptors (Lipinski definition) is 3. The second kappa shape index (κ2) is 5.85. The Bertz CT molecular complexity index is 510. The van der Waals surface area contributed by atoms with Crippen molar-refractivity contribution in [3.8, 4) is 0 Å². The molecule has 6 heteroatoms. The molecule has 109 valence electrons. The number of amides is 1. The molecular weight excluding hydrogens is 266 g/mol. The Labute approximate surface area is 116 Å². The quantitative estimate of drug-likeness (QED) is 0.883. The number of rotatable bonds is 5. The number of benzene rings is 1. The zero-order valence-electron chi connectivity index (χ0n) is 11.2. The van der Waals surface area contributed by atoms with E-state index in [1.165, 1.54) is 6.07 Å². The third-order valence-corrected chi connectivity index (χ3v) is 3.64. The molecule has 1 aliphatic rings. The number of methoxy groups -OCH3 is 1. The van der Waals surface area contributed by atoms with Gasteiger partial charge in [-0.05, 0) is 37.1 Å². The van der Waals surface area contributed by atoms with Crippen LogP contribution in [0.4, 0.5) is 8.78 Å². The van der Waals surface area contributed by atoms with E-state index in [-0.39, 0.29) is 0 Å². The Balaban J connectivity index is 2.42. The molecule has 0 saturated carbocycles. The normalized spacial score (nSPS) is 23.1. The highest BCUT2D eigenvalue weighted by atomic mass is 19.2. The zero-order valence-corrected chi connectivity index (χ0v) is 11.2. The van der Waals surface area contributed by atoms with E-state index in [0.717, 1.165) is 12.1 Å². The van der Waals surface area contributed by atoms with E-state index in [0.29, 0.717) is 31.7 Å². The van der Waals surface area contributed by atoms with E-state index in [4.69, 9.17) is 10.5 Å². The fraction of sp³-hybridized carbons (Fsp3) is 0.429. The average Bonchev–Trinajstić information content (AvgIpc) is 2.84. The van der Waals surface area contributed by atoms with Gasteiger partial charge >= 0.3 is 0 Å². The SMILES string of the molecule is COCCN1CC[CH]C1(C(N)=O)c1ccc(F)c(F)c1. The lowest BCUT2D eigenvalue weighted by Crippen LogP contribution is -2.52. The molecule has 1 unspecified atom stereocenters. The van der Waals surface area contributed by atoms with Crippen molar-refractivity contribution in [3.05, 3.63) is 41.8 Å². The molecule has 1 aromatic carbocycles. The molecule has 1 amide bonds. The first-order chi connectivity index (χ1) is 9.52. The smallest absolute Gasteiger partial charge is 0.242 e. The summed E-state index contributed by atoms with van der Waals surface area (Å²) in [5.74, 6) is -2.54. The Morgan fingerprint density at radius 1 is 1.45 bits per heavy atom. The minimum atomic E-state index is -1.20. The number of carbonyl (C=O) groups excluding carboxylic acids is 1. The van der Waals surface area contributed by atoms with Crippen LogP contribution in [0.25, 0.3) is 0 Å². The molecule has 2 rings (SSSR count). The van der Waals surface area contributed by atoms with Crippen LogP contribution in [-0.4, -0.2) is 37.6 Å². The third kappa shape index (κ3) is 2.41. The fourth-order valence-electron chi connectivity index (χ4n) is 2.66. The largest absolute Gasteiger partial charge is 0.383 e. The Hall–Kier alpha value is -1.53. The maximum Gasteiger partial charge on any atom is 0.242 e. The third-order valence-electron chi connectivity index (χ3n) is 3.64. The van der Waals surface area contributed by atoms with Crippen molar-refractivity contribution >= 4 is 5.91 Å². The molecule has 1 atom stereocenters. The van der Waals surface area contributed by atoms with Crippen LogP contribution in [0.15, 0.2) is 18.2 Å². The second-order valence-electron chi connectivity index (χ2n) is 4.73. The van der Waals surface area contributed by atoms with Crippen molar-refractivity contribution in [2.45, 2.75) is 12.0 Å². The minimum absolute atomic E-state index is 0.345. The molecule has 1 aromatic rings. The lowest BCUT2D eigenvalue weighted by Gasteiger charge is -2.36. The molecule has 1 aliphatic heterocycles. The second-order valence-corrected chi connectivity index (χ2v) is 4.73. The van der Waals surface area contributed by atoms with Crippen molar-refractivity contribution in [1.82, 2.24) is 4.90 Å². The van der Waals surface area contributed by atoms with Gasteiger partial charge in [0.25, 0.3) is 0 Å². The van der Waals surface area contributed by atoms with Gasteiger partial charge in [0.05, 0.1) is 6.61 Å². The summed E-state index contributed by atoms with van der Waals surface area (Å²) in [6, 6.07) is 3.43. The van der Waals surface area contributed by atoms with Crippen LogP contribution < -0.4 is 5.73 Å². The Kier molecular flexibility index (Phi) is 4.35. The first kappa shape index (κ1) is 14.9. The highest BCUT2D eigenvalue weighted by Crippen LogP contribution is 2.38. The van der Waals surface area contributed by atoms with Crippen molar-refractivity contribution in [3.63, 3.8) is 0 Å². The van der Waals surface area contributed by atoms with E-state index in [1.54, 1.807) is 13.5 Å². The summed E-state index contributed by atoms with van der Waals surface area (Å²) < 4.78 is 31.6. The van der Waals surface area contributed by atoms with Crippen LogP contribution in [0, 0.1) is 18.1 Å². The van der Waals surface area contributed by atoms with Gasteiger partial charge in [-0.15, -0.1) is 0 Å². The van der Waals surface area contributed by atoms with Gasteiger partial charge in [-0.3, -0.25) is 9.69 Å². The van der Waals surface area contributed by atoms with E-state index in [9.17, 15) is 13.6 Å². The number of ether oxygens (including phenoxy) is 1. The predicted molar refractivity (Wildman–Crippen MR) is 69.6 cm³/mol. The van der Waals surface area contributed by atoms with Crippen LogP contribution in [0.1, 0.15) is 12.0 Å². The molecule has 1 saturated heterocycles. The molecule has 0 spiro atoms. The molecular formula is C14H17F2N2O2. The Morgan fingerprint density at radius 2 is 2.20 bits per heavy atom. The fourth-order valence-corrected chi connectivity index (χ4v) is 2.66. The van der Waals surface area contributed by atoms with Crippen LogP contribution in [0.5, 0.6) is 0 Å². The molecule has 1 heterocycles. The maximum atomic E-state index is 13.5. The molecule has 0 aromatic heterocycles. The van der Waals surface area contributed by atoms with Crippen LogP contribution in [0.2, 0.25) is 0 Å². The van der Waals surface area contributed by atoms with E-state index >= 15 is 0 Å². The van der Waals surface area contributed by atoms with Gasteiger partial charge in [0.2, 0.25) is 5.91 Å². The summed E-state index contributed by atoms with van der Waals surface area (Å²) >= 11 is 0. The lowest BCUT2D eigenvalue weighted by molar-refractivity contribution is -0.127. The van der Waals surface area contributed by atoms with Crippen LogP contribution in [0.3, 0.4) is 0 Å². The summed E-state index contributed by atoms with van der Waals surface area (Å²) in [4.78, 5) is 13.8. The summed E-state index contributed by atoms with van der Waals surface area (Å²) in [7, 11) is 1.56. The topological polar surface area (TPSA) is 55.6 Å². The van der Waals surface area contributed by atoms with Gasteiger partial charge in [-0.25, -0.2) is 8.78 Å². The lowest BCUT2D eigenvalue weighted by atomic mass is 9.86. The molecule has 2 N–H and O–H groups in total. The highest BCUT2D eigenvalue weighted by Gasteiger charge is 2.47. The van der Waals surface area contributed by atoms with Crippen molar-refractivity contribution in [2.24, 2.45) is 5.73 Å². The number of primary amides is 1. The van der Waals surface area contributed by atoms with Crippen LogP contribution in [-0.2, 0) is 15.1 Å². The minimum Gasteiger partial charge on any atom is -0.383 e. The highest BCUT2D eigenvalue weighted by molar-refractivity contribution is 5.88. The van der Waals surface area contributed by atoms with Gasteiger partial charge in [-0.2, -0.15) is 0 Å². The van der Waals surface area contributed by atoms with E-state index < -0.39 is 23.1 Å². The number of nitrogens with two attached hydrogens (primary N) is 1. The number of hydrogen-bond donors (Lipinski definition) is 1. The van der Waals surface area contributed by atoms with Gasteiger partial charge in [0.15, 0.2) is 11.6 Å². The number of likely N-dealkylation sites (tertiary alicyclic amines) is 1. The Morgan fingerprint density at radius 3 is 2.80 bits per heavy atom. The number of halogens is 2. The number of carbonyl (C=O) groups is 1. The van der Waals surface area contributed by atoms with Gasteiger partial charge in [0.1, 0.15) is 5.54 Å². The molecule has 4 nitrogen and oxygen atoms in total. The first-order valence-electron chi connectivity index (χ1n) is 6.36. The van der Waals surface area contributed by atoms with E-state index in [2.05, 4.69) is 0 Å². The molecule has 0 bridgehead atoms. The standard InChI is InChI=1S/C14H17F2N2O2/c1-20-8-7-18-6-2-5-14(18,13(17)19)10-3-4-11(15)12(16)9-10/h3-5,9H,2,6-8H2,1H3,(H2,17,19). The molecule has 1 radical (unpaired) electrons. The van der Waals surface area contributed by atoms with Gasteiger partial charge in [-0.1, -0.05) is 6.07 Å². The summed E-state index contributed by atoms with van der Waals surface area (Å²) in [6.45, 7) is 1.52. The molecule has 0 aliphatic carbocycles. The van der Waals surface area contributed by atoms with Crippen LogP contribution >= 0.6 is 0 Å². The zero-order chi connectivity index (χ0) is 14.8. The monoisotopic (exact) mass is 283 g/mol. The first-order valence-corrected chi connectivity index (χ1v) is 6.36. The summed E-state index contributed by atoms with van der Waals surface area (Å²) in [5, 5.41) is 0. The van der Waals surface area contributed by atoms with Gasteiger partial charge < -0.3 is 10.5 Å². The predicted octanol–water partition coefficient (Wildman–Crippen LogP) is 1.20. The van der Waals surface area contributed by atoms with Crippen molar-refractivity contribution < 1.29 is 18.3 Å². The van der Waals surface area contributed by atoms with Crippen molar-refractivity contribution in [2.75, 3.05) is 26.8 Å². The van der Waals surface area contributed by atoms with Crippen molar-refractivity contribution in [1.29, 1.82) is 0 Å². The molecule has 20 heavy (non-hydrogen) atoms.